The van der Waals surface area contributed by atoms with Crippen LogP contribution in [0.2, 0.25) is 0 Å². The molecule has 1 aliphatic carbocycles. The van der Waals surface area contributed by atoms with Crippen molar-refractivity contribution in [1.82, 2.24) is 20.0 Å². The Morgan fingerprint density at radius 3 is 2.84 bits per heavy atom. The minimum Gasteiger partial charge on any atom is -0.340 e. The van der Waals surface area contributed by atoms with Crippen molar-refractivity contribution < 1.29 is 9.32 Å². The Hall–Kier alpha value is -2.24. The highest BCUT2D eigenvalue weighted by molar-refractivity contribution is 5.94. The summed E-state index contributed by atoms with van der Waals surface area (Å²) in [6.07, 6.45) is 7.24. The molecule has 0 bridgehead atoms. The Bertz CT molecular complexity index is 766. The number of carbonyl (C=O) groups excluding carboxylic acids is 1. The summed E-state index contributed by atoms with van der Waals surface area (Å²) in [5.74, 6) is 2.15. The van der Waals surface area contributed by atoms with E-state index in [4.69, 9.17) is 4.52 Å². The number of aryl methyl sites for hydroxylation is 2. The predicted octanol–water partition coefficient (Wildman–Crippen LogP) is 3.06. The summed E-state index contributed by atoms with van der Waals surface area (Å²) in [7, 11) is 0. The first-order valence-electron chi connectivity index (χ1n) is 9.08. The normalized spacial score (nSPS) is 23.7. The van der Waals surface area contributed by atoms with Gasteiger partial charge in [0, 0.05) is 31.9 Å². The van der Waals surface area contributed by atoms with Gasteiger partial charge >= 0.3 is 0 Å². The third kappa shape index (κ3) is 3.30. The monoisotopic (exact) mass is 340 g/mol. The van der Waals surface area contributed by atoms with E-state index in [0.29, 0.717) is 18.0 Å². The second kappa shape index (κ2) is 6.24. The van der Waals surface area contributed by atoms with E-state index in [2.05, 4.69) is 15.1 Å². The van der Waals surface area contributed by atoms with Crippen molar-refractivity contribution >= 4 is 5.91 Å². The number of hydrogen-bond acceptors (Lipinski definition) is 5. The van der Waals surface area contributed by atoms with E-state index in [0.717, 1.165) is 43.2 Å². The van der Waals surface area contributed by atoms with Gasteiger partial charge in [0.25, 0.3) is 5.91 Å². The standard InChI is InChI=1S/C19H24N4O2/c1-13-4-7-16(11-20-13)17(24)23-9-3-8-19(12-23,10-15-5-6-15)18-21-14(2)25-22-18/h4,7,11,15H,3,5-6,8-10,12H2,1-2H3. The zero-order valence-electron chi connectivity index (χ0n) is 14.9. The second-order valence-electron chi connectivity index (χ2n) is 7.58. The highest BCUT2D eigenvalue weighted by Gasteiger charge is 2.45. The number of pyridine rings is 1. The van der Waals surface area contributed by atoms with Gasteiger partial charge in [-0.25, -0.2) is 0 Å². The quantitative estimate of drug-likeness (QED) is 0.855. The summed E-state index contributed by atoms with van der Waals surface area (Å²) < 4.78 is 5.26. The van der Waals surface area contributed by atoms with Crippen molar-refractivity contribution in [2.45, 2.75) is 51.4 Å². The predicted molar refractivity (Wildman–Crippen MR) is 92.2 cm³/mol. The molecule has 1 aliphatic heterocycles. The first-order valence-corrected chi connectivity index (χ1v) is 9.08. The minimum absolute atomic E-state index is 0.0487. The van der Waals surface area contributed by atoms with E-state index >= 15 is 0 Å². The Labute approximate surface area is 147 Å². The molecule has 2 aliphatic rings. The van der Waals surface area contributed by atoms with Crippen molar-refractivity contribution in [2.75, 3.05) is 13.1 Å². The van der Waals surface area contributed by atoms with E-state index in [1.54, 1.807) is 6.20 Å². The number of piperidine rings is 1. The van der Waals surface area contributed by atoms with Crippen molar-refractivity contribution in [3.8, 4) is 0 Å². The van der Waals surface area contributed by atoms with Gasteiger partial charge in [0.15, 0.2) is 5.82 Å². The largest absolute Gasteiger partial charge is 0.340 e. The SMILES string of the molecule is Cc1ccc(C(=O)N2CCCC(CC3CC3)(c3noc(C)n3)C2)cn1. The van der Waals surface area contributed by atoms with Crippen molar-refractivity contribution in [1.29, 1.82) is 0 Å². The van der Waals surface area contributed by atoms with E-state index in [-0.39, 0.29) is 11.3 Å². The summed E-state index contributed by atoms with van der Waals surface area (Å²) in [4.78, 5) is 23.7. The molecule has 1 unspecified atom stereocenters. The van der Waals surface area contributed by atoms with Crippen LogP contribution >= 0.6 is 0 Å². The van der Waals surface area contributed by atoms with E-state index in [1.165, 1.54) is 12.8 Å². The van der Waals surface area contributed by atoms with Crippen LogP contribution in [-0.4, -0.2) is 39.0 Å². The van der Waals surface area contributed by atoms with E-state index in [1.807, 2.05) is 30.9 Å². The van der Waals surface area contributed by atoms with Crippen LogP contribution in [0.25, 0.3) is 0 Å². The highest BCUT2D eigenvalue weighted by Crippen LogP contribution is 2.45. The molecule has 0 aromatic carbocycles. The molecular weight excluding hydrogens is 316 g/mol. The maximum Gasteiger partial charge on any atom is 0.255 e. The highest BCUT2D eigenvalue weighted by atomic mass is 16.5. The van der Waals surface area contributed by atoms with Crippen LogP contribution < -0.4 is 0 Å². The molecule has 1 amide bonds. The molecule has 0 N–H and O–H groups in total. The van der Waals surface area contributed by atoms with Gasteiger partial charge in [0.2, 0.25) is 5.89 Å². The molecule has 132 valence electrons. The molecule has 6 heteroatoms. The van der Waals surface area contributed by atoms with Crippen molar-refractivity contribution in [3.05, 3.63) is 41.3 Å². The second-order valence-corrected chi connectivity index (χ2v) is 7.58. The van der Waals surface area contributed by atoms with Crippen molar-refractivity contribution in [3.63, 3.8) is 0 Å². The van der Waals surface area contributed by atoms with Crippen LogP contribution in [0.15, 0.2) is 22.9 Å². The lowest BCUT2D eigenvalue weighted by Crippen LogP contribution is -2.49. The van der Waals surface area contributed by atoms with Crippen molar-refractivity contribution in [2.24, 2.45) is 5.92 Å². The van der Waals surface area contributed by atoms with Gasteiger partial charge in [-0.15, -0.1) is 0 Å². The van der Waals surface area contributed by atoms with Crippen LogP contribution in [0.1, 0.15) is 59.9 Å². The zero-order chi connectivity index (χ0) is 17.4. The number of carbonyl (C=O) groups is 1. The summed E-state index contributed by atoms with van der Waals surface area (Å²) in [5.41, 5.74) is 1.39. The topological polar surface area (TPSA) is 72.1 Å². The molecule has 2 aromatic heterocycles. The van der Waals surface area contributed by atoms with E-state index < -0.39 is 0 Å². The third-order valence-corrected chi connectivity index (χ3v) is 5.40. The Morgan fingerprint density at radius 1 is 1.36 bits per heavy atom. The van der Waals surface area contributed by atoms with Gasteiger partial charge in [-0.2, -0.15) is 4.98 Å². The molecule has 2 aromatic rings. The number of rotatable bonds is 4. The van der Waals surface area contributed by atoms with Gasteiger partial charge in [-0.05, 0) is 44.2 Å². The van der Waals surface area contributed by atoms with Gasteiger partial charge in [-0.3, -0.25) is 9.78 Å². The number of likely N-dealkylation sites (tertiary alicyclic amines) is 1. The van der Waals surface area contributed by atoms with Crippen LogP contribution in [0.5, 0.6) is 0 Å². The van der Waals surface area contributed by atoms with Gasteiger partial charge in [0.1, 0.15) is 0 Å². The summed E-state index contributed by atoms with van der Waals surface area (Å²) in [5, 5.41) is 4.23. The molecule has 1 atom stereocenters. The average Bonchev–Trinajstić information content (AvgIpc) is 3.31. The molecule has 4 rings (SSSR count). The molecule has 1 saturated heterocycles. The first kappa shape index (κ1) is 16.2. The fourth-order valence-corrected chi connectivity index (χ4v) is 3.91. The van der Waals surface area contributed by atoms with Crippen LogP contribution in [0, 0.1) is 19.8 Å². The maximum atomic E-state index is 13.0. The number of nitrogens with zero attached hydrogens (tertiary/aromatic N) is 4. The van der Waals surface area contributed by atoms with Crippen LogP contribution in [0.4, 0.5) is 0 Å². The zero-order valence-corrected chi connectivity index (χ0v) is 14.9. The van der Waals surface area contributed by atoms with Gasteiger partial charge in [-0.1, -0.05) is 18.0 Å². The Morgan fingerprint density at radius 2 is 2.20 bits per heavy atom. The molecule has 0 spiro atoms. The molecule has 2 fully saturated rings. The first-order chi connectivity index (χ1) is 12.1. The summed E-state index contributed by atoms with van der Waals surface area (Å²) in [6.45, 7) is 5.19. The number of aromatic nitrogens is 3. The molecule has 1 saturated carbocycles. The van der Waals surface area contributed by atoms with Gasteiger partial charge < -0.3 is 9.42 Å². The average molecular weight is 340 g/mol. The number of amides is 1. The fraction of sp³-hybridized carbons (Fsp3) is 0.579. The summed E-state index contributed by atoms with van der Waals surface area (Å²) in [6, 6.07) is 3.75. The lowest BCUT2D eigenvalue weighted by molar-refractivity contribution is 0.0606. The molecule has 25 heavy (non-hydrogen) atoms. The van der Waals surface area contributed by atoms with Crippen LogP contribution in [0.3, 0.4) is 0 Å². The third-order valence-electron chi connectivity index (χ3n) is 5.40. The molecular formula is C19H24N4O2. The Kier molecular flexibility index (Phi) is 4.06. The maximum absolute atomic E-state index is 13.0. The minimum atomic E-state index is -0.176. The summed E-state index contributed by atoms with van der Waals surface area (Å²) >= 11 is 0. The fourth-order valence-electron chi connectivity index (χ4n) is 3.91. The lowest BCUT2D eigenvalue weighted by atomic mass is 9.74. The van der Waals surface area contributed by atoms with E-state index in [9.17, 15) is 4.79 Å². The molecule has 0 radical (unpaired) electrons. The van der Waals surface area contributed by atoms with Crippen LogP contribution in [-0.2, 0) is 5.41 Å². The molecule has 6 nitrogen and oxygen atoms in total. The smallest absolute Gasteiger partial charge is 0.255 e. The molecule has 3 heterocycles. The van der Waals surface area contributed by atoms with Gasteiger partial charge in [0.05, 0.1) is 11.0 Å². The lowest BCUT2D eigenvalue weighted by Gasteiger charge is -2.41. The number of hydrogen-bond donors (Lipinski definition) is 0. The Balaban J connectivity index is 1.60.